The van der Waals surface area contributed by atoms with E-state index in [1.165, 1.54) is 6.33 Å². The summed E-state index contributed by atoms with van der Waals surface area (Å²) in [6.07, 6.45) is 7.99. The number of anilines is 2. The van der Waals surface area contributed by atoms with Crippen LogP contribution in [0.1, 0.15) is 0 Å². The molecule has 0 radical (unpaired) electrons. The second-order valence-electron chi connectivity index (χ2n) is 2.31. The second kappa shape index (κ2) is 3.57. The van der Waals surface area contributed by atoms with E-state index in [-0.39, 0.29) is 0 Å². The molecule has 0 aromatic carbocycles. The topological polar surface area (TPSA) is 63.6 Å². The first-order valence-electron chi connectivity index (χ1n) is 3.74. The van der Waals surface area contributed by atoms with Crippen molar-refractivity contribution < 1.29 is 0 Å². The van der Waals surface area contributed by atoms with Crippen molar-refractivity contribution in [3.8, 4) is 0 Å². The average molecular weight is 173 g/mol. The van der Waals surface area contributed by atoms with E-state index in [0.717, 1.165) is 0 Å². The lowest BCUT2D eigenvalue weighted by atomic mass is 10.5. The summed E-state index contributed by atoms with van der Waals surface area (Å²) in [5.74, 6) is 1.37. The van der Waals surface area contributed by atoms with Crippen LogP contribution >= 0.6 is 0 Å². The van der Waals surface area contributed by atoms with Crippen molar-refractivity contribution in [1.29, 1.82) is 0 Å². The maximum absolute atomic E-state index is 4.04. The molecule has 0 aliphatic carbocycles. The minimum absolute atomic E-state index is 0.668. The van der Waals surface area contributed by atoms with Crippen LogP contribution in [0.4, 0.5) is 11.6 Å². The number of aromatic nitrogens is 4. The molecule has 2 aromatic rings. The zero-order chi connectivity index (χ0) is 8.93. The summed E-state index contributed by atoms with van der Waals surface area (Å²) in [6.45, 7) is 0. The van der Waals surface area contributed by atoms with Gasteiger partial charge in [-0.3, -0.25) is 4.98 Å². The van der Waals surface area contributed by atoms with E-state index in [9.17, 15) is 0 Å². The maximum Gasteiger partial charge on any atom is 0.150 e. The van der Waals surface area contributed by atoms with Crippen LogP contribution in [0, 0.1) is 0 Å². The Balaban J connectivity index is 2.16. The third kappa shape index (κ3) is 1.96. The molecule has 0 fully saturated rings. The molecule has 0 unspecified atom stereocenters. The number of rotatable bonds is 2. The van der Waals surface area contributed by atoms with E-state index in [4.69, 9.17) is 0 Å². The second-order valence-corrected chi connectivity index (χ2v) is 2.31. The summed E-state index contributed by atoms with van der Waals surface area (Å²) in [4.78, 5) is 15.7. The summed E-state index contributed by atoms with van der Waals surface area (Å²) in [5, 5.41) is 2.98. The Morgan fingerprint density at radius 1 is 0.923 bits per heavy atom. The highest BCUT2D eigenvalue weighted by atomic mass is 15.1. The Kier molecular flexibility index (Phi) is 2.09. The van der Waals surface area contributed by atoms with Crippen molar-refractivity contribution in [3.05, 3.63) is 37.2 Å². The molecule has 0 saturated heterocycles. The molecule has 13 heavy (non-hydrogen) atoms. The number of hydrogen-bond donors (Lipinski definition) is 1. The van der Waals surface area contributed by atoms with Crippen LogP contribution in [-0.2, 0) is 0 Å². The van der Waals surface area contributed by atoms with Gasteiger partial charge in [0.05, 0.1) is 6.20 Å². The van der Waals surface area contributed by atoms with Crippen LogP contribution in [0.2, 0.25) is 0 Å². The predicted octanol–water partition coefficient (Wildman–Crippen LogP) is 1.01. The molecule has 0 aliphatic heterocycles. The first-order valence-corrected chi connectivity index (χ1v) is 3.74. The molecular formula is C8H7N5. The van der Waals surface area contributed by atoms with E-state index in [0.29, 0.717) is 11.6 Å². The van der Waals surface area contributed by atoms with Crippen LogP contribution in [0.15, 0.2) is 37.2 Å². The van der Waals surface area contributed by atoms with Gasteiger partial charge in [-0.15, -0.1) is 0 Å². The minimum Gasteiger partial charge on any atom is -0.324 e. The molecule has 0 atom stereocenters. The molecule has 64 valence electrons. The normalized spacial score (nSPS) is 9.54. The monoisotopic (exact) mass is 173 g/mol. The molecule has 5 nitrogen and oxygen atoms in total. The van der Waals surface area contributed by atoms with Crippen molar-refractivity contribution >= 4 is 11.6 Å². The van der Waals surface area contributed by atoms with E-state index in [1.54, 1.807) is 30.9 Å². The van der Waals surface area contributed by atoms with Crippen LogP contribution in [0.3, 0.4) is 0 Å². The van der Waals surface area contributed by atoms with Gasteiger partial charge >= 0.3 is 0 Å². The standard InChI is InChI=1S/C8H7N5/c1-2-10-6-12-7(1)13-8-5-9-3-4-11-8/h1-6H,(H,10,11,12,13). The van der Waals surface area contributed by atoms with Gasteiger partial charge in [-0.1, -0.05) is 0 Å². The smallest absolute Gasteiger partial charge is 0.150 e. The Bertz CT molecular complexity index is 323. The molecular weight excluding hydrogens is 166 g/mol. The third-order valence-electron chi connectivity index (χ3n) is 1.40. The Morgan fingerprint density at radius 3 is 2.62 bits per heavy atom. The van der Waals surface area contributed by atoms with Crippen molar-refractivity contribution in [3.63, 3.8) is 0 Å². The van der Waals surface area contributed by atoms with Gasteiger partial charge in [0.25, 0.3) is 0 Å². The Morgan fingerprint density at radius 2 is 1.92 bits per heavy atom. The number of nitrogens with zero attached hydrogens (tertiary/aromatic N) is 4. The summed E-state index contributed by atoms with van der Waals surface area (Å²) < 4.78 is 0. The van der Waals surface area contributed by atoms with Gasteiger partial charge in [-0.25, -0.2) is 15.0 Å². The van der Waals surface area contributed by atoms with E-state index in [2.05, 4.69) is 25.3 Å². The molecule has 1 N–H and O–H groups in total. The molecule has 0 amide bonds. The van der Waals surface area contributed by atoms with E-state index in [1.807, 2.05) is 0 Å². The highest BCUT2D eigenvalue weighted by molar-refractivity contribution is 5.48. The molecule has 2 aromatic heterocycles. The largest absolute Gasteiger partial charge is 0.324 e. The van der Waals surface area contributed by atoms with Crippen LogP contribution < -0.4 is 5.32 Å². The predicted molar refractivity (Wildman–Crippen MR) is 47.3 cm³/mol. The summed E-state index contributed by atoms with van der Waals surface area (Å²) in [5.41, 5.74) is 0. The average Bonchev–Trinajstić information content (AvgIpc) is 2.21. The van der Waals surface area contributed by atoms with Gasteiger partial charge in [0.15, 0.2) is 0 Å². The molecule has 0 saturated carbocycles. The zero-order valence-corrected chi connectivity index (χ0v) is 6.75. The quantitative estimate of drug-likeness (QED) is 0.734. The van der Waals surface area contributed by atoms with Crippen molar-refractivity contribution in [2.75, 3.05) is 5.32 Å². The first kappa shape index (κ1) is 7.60. The van der Waals surface area contributed by atoms with Gasteiger partial charge in [0.2, 0.25) is 0 Å². The van der Waals surface area contributed by atoms with Crippen molar-refractivity contribution in [2.45, 2.75) is 0 Å². The van der Waals surface area contributed by atoms with Crippen LogP contribution in [-0.4, -0.2) is 19.9 Å². The van der Waals surface area contributed by atoms with Crippen molar-refractivity contribution in [2.24, 2.45) is 0 Å². The summed E-state index contributed by atoms with van der Waals surface area (Å²) in [6, 6.07) is 1.76. The van der Waals surface area contributed by atoms with Crippen LogP contribution in [0.25, 0.3) is 0 Å². The lowest BCUT2D eigenvalue weighted by Crippen LogP contribution is -1.95. The van der Waals surface area contributed by atoms with E-state index < -0.39 is 0 Å². The Hall–Kier alpha value is -2.04. The Labute approximate surface area is 74.9 Å². The molecule has 0 bridgehead atoms. The summed E-state index contributed by atoms with van der Waals surface area (Å²) in [7, 11) is 0. The SMILES string of the molecule is c1cc(Nc2cnccn2)ncn1. The fourth-order valence-electron chi connectivity index (χ4n) is 0.859. The highest BCUT2D eigenvalue weighted by Crippen LogP contribution is 2.06. The number of hydrogen-bond acceptors (Lipinski definition) is 5. The van der Waals surface area contributed by atoms with Gasteiger partial charge in [0, 0.05) is 18.6 Å². The van der Waals surface area contributed by atoms with Gasteiger partial charge in [0.1, 0.15) is 18.0 Å². The third-order valence-corrected chi connectivity index (χ3v) is 1.40. The molecule has 0 spiro atoms. The fraction of sp³-hybridized carbons (Fsp3) is 0. The lowest BCUT2D eigenvalue weighted by Gasteiger charge is -2.01. The molecule has 2 rings (SSSR count). The van der Waals surface area contributed by atoms with Gasteiger partial charge in [-0.05, 0) is 6.07 Å². The molecule has 2 heterocycles. The fourth-order valence-corrected chi connectivity index (χ4v) is 0.859. The minimum atomic E-state index is 0.668. The molecule has 0 aliphatic rings. The highest BCUT2D eigenvalue weighted by Gasteiger charge is 1.93. The maximum atomic E-state index is 4.04. The first-order chi connectivity index (χ1) is 6.45. The van der Waals surface area contributed by atoms with Gasteiger partial charge in [-0.2, -0.15) is 0 Å². The summed E-state index contributed by atoms with van der Waals surface area (Å²) >= 11 is 0. The zero-order valence-electron chi connectivity index (χ0n) is 6.75. The van der Waals surface area contributed by atoms with Crippen LogP contribution in [0.5, 0.6) is 0 Å². The van der Waals surface area contributed by atoms with Crippen molar-refractivity contribution in [1.82, 2.24) is 19.9 Å². The van der Waals surface area contributed by atoms with E-state index >= 15 is 0 Å². The van der Waals surface area contributed by atoms with Gasteiger partial charge < -0.3 is 5.32 Å². The number of nitrogens with one attached hydrogen (secondary N) is 1. The molecule has 5 heteroatoms. The lowest BCUT2D eigenvalue weighted by molar-refractivity contribution is 1.14.